The number of hydrogen-bond acceptors (Lipinski definition) is 8. The molecular weight excluding hydrogens is 412 g/mol. The van der Waals surface area contributed by atoms with E-state index in [1.807, 2.05) is 12.2 Å². The van der Waals surface area contributed by atoms with Crippen molar-refractivity contribution >= 4 is 29.0 Å². The van der Waals surface area contributed by atoms with E-state index >= 15 is 0 Å². The second kappa shape index (κ2) is 8.61. The number of amides is 2. The van der Waals surface area contributed by atoms with Gasteiger partial charge < -0.3 is 20.7 Å². The molecule has 166 valence electrons. The van der Waals surface area contributed by atoms with Gasteiger partial charge in [0, 0.05) is 35.7 Å². The second-order valence-corrected chi connectivity index (χ2v) is 7.49. The summed E-state index contributed by atoms with van der Waals surface area (Å²) in [5, 5.41) is 23.8. The summed E-state index contributed by atoms with van der Waals surface area (Å²) in [7, 11) is 3.17. The Hall–Kier alpha value is -4.02. The summed E-state index contributed by atoms with van der Waals surface area (Å²) in [6.45, 7) is -0.754. The number of para-hydroxylation sites is 1. The van der Waals surface area contributed by atoms with Crippen molar-refractivity contribution in [3.63, 3.8) is 0 Å². The molecule has 1 aliphatic rings. The summed E-state index contributed by atoms with van der Waals surface area (Å²) in [4.78, 5) is 26.4. The zero-order chi connectivity index (χ0) is 25.3. The van der Waals surface area contributed by atoms with Gasteiger partial charge in [-0.1, -0.05) is 13.0 Å². The molecule has 0 unspecified atom stereocenters. The van der Waals surface area contributed by atoms with Crippen LogP contribution in [0, 0.1) is 11.8 Å². The van der Waals surface area contributed by atoms with Crippen LogP contribution >= 0.6 is 0 Å². The van der Waals surface area contributed by atoms with E-state index in [1.165, 1.54) is 18.0 Å². The smallest absolute Gasteiger partial charge is 0.273 e. The summed E-state index contributed by atoms with van der Waals surface area (Å²) in [5.41, 5.74) is 1.49. The summed E-state index contributed by atoms with van der Waals surface area (Å²) < 4.78 is 27.6. The first-order valence-corrected chi connectivity index (χ1v) is 9.87. The van der Waals surface area contributed by atoms with Gasteiger partial charge in [0.15, 0.2) is 17.3 Å². The quantitative estimate of drug-likeness (QED) is 0.508. The fraction of sp³-hybridized carbons (Fsp3) is 0.333. The van der Waals surface area contributed by atoms with Gasteiger partial charge in [-0.3, -0.25) is 9.59 Å². The third-order valence-electron chi connectivity index (χ3n) is 5.18. The van der Waals surface area contributed by atoms with Gasteiger partial charge in [0.25, 0.3) is 5.91 Å². The minimum atomic E-state index is -2.73. The Kier molecular flexibility index (Phi) is 4.75. The minimum absolute atomic E-state index is 0.101. The van der Waals surface area contributed by atoms with Crippen LogP contribution in [0.1, 0.15) is 27.9 Å². The van der Waals surface area contributed by atoms with E-state index in [2.05, 4.69) is 31.0 Å². The van der Waals surface area contributed by atoms with Crippen LogP contribution in [0.25, 0.3) is 11.3 Å². The maximum atomic E-state index is 12.7. The van der Waals surface area contributed by atoms with E-state index in [1.54, 1.807) is 31.4 Å². The Labute approximate surface area is 188 Å². The Morgan fingerprint density at radius 1 is 1.28 bits per heavy atom. The number of ether oxygens (including phenoxy) is 1. The Morgan fingerprint density at radius 3 is 2.75 bits per heavy atom. The molecule has 1 aromatic carbocycles. The van der Waals surface area contributed by atoms with Gasteiger partial charge in [0.05, 0.1) is 24.7 Å². The number of aryl methyl sites for hydroxylation is 1. The predicted octanol–water partition coefficient (Wildman–Crippen LogP) is 1.98. The molecule has 4 rings (SSSR count). The van der Waals surface area contributed by atoms with Crippen molar-refractivity contribution in [2.75, 3.05) is 24.7 Å². The molecule has 2 aromatic heterocycles. The van der Waals surface area contributed by atoms with Gasteiger partial charge in [-0.15, -0.1) is 10.2 Å². The first-order chi connectivity index (χ1) is 16.6. The van der Waals surface area contributed by atoms with Crippen LogP contribution in [0.15, 0.2) is 30.5 Å². The maximum Gasteiger partial charge on any atom is 0.273 e. The molecule has 0 spiro atoms. The van der Waals surface area contributed by atoms with Gasteiger partial charge >= 0.3 is 0 Å². The molecule has 2 heterocycles. The lowest BCUT2D eigenvalue weighted by Crippen LogP contribution is -2.22. The number of rotatable bonds is 7. The minimum Gasteiger partial charge on any atom is -0.494 e. The first-order valence-electron chi connectivity index (χ1n) is 11.4. The average molecular weight is 439 g/mol. The monoisotopic (exact) mass is 439 g/mol. The zero-order valence-corrected chi connectivity index (χ0v) is 17.7. The molecular formula is C21H24N8O3. The largest absolute Gasteiger partial charge is 0.494 e. The summed E-state index contributed by atoms with van der Waals surface area (Å²) >= 11 is 0. The molecule has 1 fully saturated rings. The number of aromatic nitrogens is 5. The summed E-state index contributed by atoms with van der Waals surface area (Å²) in [5.74, 6) is -0.443. The molecule has 2 amide bonds. The van der Waals surface area contributed by atoms with Gasteiger partial charge in [0.1, 0.15) is 5.69 Å². The van der Waals surface area contributed by atoms with Crippen LogP contribution in [-0.2, 0) is 11.8 Å². The lowest BCUT2D eigenvalue weighted by atomic mass is 10.1. The fourth-order valence-electron chi connectivity index (χ4n) is 3.35. The average Bonchev–Trinajstić information content (AvgIpc) is 3.36. The van der Waals surface area contributed by atoms with Crippen molar-refractivity contribution in [3.8, 4) is 17.0 Å². The number of benzene rings is 1. The Bertz CT molecular complexity index is 1280. The number of carbonyl (C=O) groups excluding carboxylic acids is 2. The highest BCUT2D eigenvalue weighted by molar-refractivity contribution is 6.00. The van der Waals surface area contributed by atoms with Crippen molar-refractivity contribution in [3.05, 3.63) is 36.2 Å². The molecule has 0 saturated heterocycles. The van der Waals surface area contributed by atoms with Crippen molar-refractivity contribution < 1.29 is 18.4 Å². The molecule has 0 bridgehead atoms. The van der Waals surface area contributed by atoms with E-state index in [4.69, 9.17) is 8.85 Å². The van der Waals surface area contributed by atoms with E-state index in [0.717, 1.165) is 6.42 Å². The Morgan fingerprint density at radius 2 is 2.09 bits per heavy atom. The van der Waals surface area contributed by atoms with Gasteiger partial charge in [-0.25, -0.2) is 0 Å². The van der Waals surface area contributed by atoms with Crippen LogP contribution in [0.4, 0.5) is 17.2 Å². The second-order valence-electron chi connectivity index (χ2n) is 7.49. The predicted molar refractivity (Wildman–Crippen MR) is 118 cm³/mol. The first kappa shape index (κ1) is 17.6. The van der Waals surface area contributed by atoms with Crippen LogP contribution in [-0.4, -0.2) is 51.1 Å². The topological polar surface area (TPSA) is 136 Å². The number of anilines is 3. The van der Waals surface area contributed by atoms with Crippen molar-refractivity contribution in [1.82, 2.24) is 30.5 Å². The molecule has 0 aliphatic heterocycles. The lowest BCUT2D eigenvalue weighted by molar-refractivity contribution is -0.117. The zero-order valence-electron chi connectivity index (χ0n) is 20.7. The summed E-state index contributed by atoms with van der Waals surface area (Å²) in [6.07, 6.45) is 2.37. The molecule has 3 N–H and O–H groups in total. The van der Waals surface area contributed by atoms with E-state index in [-0.39, 0.29) is 34.9 Å². The highest BCUT2D eigenvalue weighted by Crippen LogP contribution is 2.39. The molecule has 11 nitrogen and oxygen atoms in total. The van der Waals surface area contributed by atoms with Crippen LogP contribution in [0.3, 0.4) is 0 Å². The van der Waals surface area contributed by atoms with Crippen molar-refractivity contribution in [1.29, 1.82) is 0 Å². The number of hydrogen-bond donors (Lipinski definition) is 3. The van der Waals surface area contributed by atoms with E-state index < -0.39 is 12.9 Å². The highest BCUT2D eigenvalue weighted by atomic mass is 16.5. The van der Waals surface area contributed by atoms with Gasteiger partial charge in [0.2, 0.25) is 5.91 Å². The number of carbonyl (C=O) groups is 2. The van der Waals surface area contributed by atoms with Crippen LogP contribution in [0.5, 0.6) is 5.75 Å². The van der Waals surface area contributed by atoms with E-state index in [0.29, 0.717) is 22.7 Å². The maximum absolute atomic E-state index is 12.7. The highest BCUT2D eigenvalue weighted by Gasteiger charge is 2.39. The third-order valence-corrected chi connectivity index (χ3v) is 5.18. The number of nitrogens with zero attached hydrogens (tertiary/aromatic N) is 5. The lowest BCUT2D eigenvalue weighted by Gasteiger charge is -2.16. The van der Waals surface area contributed by atoms with Gasteiger partial charge in [-0.05, 0) is 24.5 Å². The molecule has 11 heteroatoms. The SMILES string of the molecule is [2H]C([2H])([2H])NC(=O)c1nnc(NC(=O)[C@@H]2C[C@@H]2C)cc1Nc1cccc(-c2cnn(C)n2)c1OC. The molecule has 2 atom stereocenters. The fourth-order valence-corrected chi connectivity index (χ4v) is 3.35. The number of methoxy groups -OCH3 is 1. The molecule has 32 heavy (non-hydrogen) atoms. The normalized spacial score (nSPS) is 18.7. The molecule has 3 aromatic rings. The Balaban J connectivity index is 1.71. The van der Waals surface area contributed by atoms with Crippen LogP contribution < -0.4 is 20.7 Å². The van der Waals surface area contributed by atoms with Crippen LogP contribution in [0.2, 0.25) is 0 Å². The van der Waals surface area contributed by atoms with Gasteiger partial charge in [-0.2, -0.15) is 15.0 Å². The van der Waals surface area contributed by atoms with Crippen molar-refractivity contribution in [2.45, 2.75) is 13.3 Å². The standard InChI is InChI=1S/C21H24N8O3/c1-11-8-13(11)20(30)25-17-9-15(18(27-26-17)21(31)22-2)24-14-7-5-6-12(19(14)32-4)16-10-23-29(3)28-16/h5-7,9-11,13H,8H2,1-4H3,(H,22,31)(H2,24,25,26,30)/t11-,13+/m0/s1/i2D3. The van der Waals surface area contributed by atoms with Crippen molar-refractivity contribution in [2.24, 2.45) is 18.9 Å². The third kappa shape index (κ3) is 4.22. The molecule has 0 radical (unpaired) electrons. The molecule has 1 aliphatic carbocycles. The molecule has 1 saturated carbocycles. The number of nitrogens with one attached hydrogen (secondary N) is 3. The van der Waals surface area contributed by atoms with E-state index in [9.17, 15) is 9.59 Å². The summed E-state index contributed by atoms with van der Waals surface area (Å²) in [6, 6.07) is 6.67.